The fourth-order valence-electron chi connectivity index (χ4n) is 2.83. The molecule has 0 heterocycles. The number of aromatic hydroxyl groups is 2. The standard InChI is InChI=1S/C23H18FNO4/c1-2-13-29-22(15-7-10-17(24)11-8-15)23(28)25-19-6-4-3-5-18(19)16-9-12-20(26)21(27)14-16/h1,3-12,14,22,26-27H,13H2,(H,25,28). The van der Waals surface area contributed by atoms with E-state index in [1.807, 2.05) is 0 Å². The molecule has 0 saturated heterocycles. The number of terminal acetylenes is 1. The van der Waals surface area contributed by atoms with E-state index < -0.39 is 17.8 Å². The lowest BCUT2D eigenvalue weighted by Crippen LogP contribution is -2.24. The Balaban J connectivity index is 1.91. The molecule has 3 N–H and O–H groups in total. The van der Waals surface area contributed by atoms with E-state index in [2.05, 4.69) is 11.2 Å². The lowest BCUT2D eigenvalue weighted by molar-refractivity contribution is -0.126. The molecule has 0 aliphatic heterocycles. The van der Waals surface area contributed by atoms with Gasteiger partial charge in [0.2, 0.25) is 0 Å². The molecule has 0 aliphatic carbocycles. The Hall–Kier alpha value is -3.82. The van der Waals surface area contributed by atoms with Crippen molar-refractivity contribution in [3.05, 3.63) is 78.1 Å². The molecule has 1 atom stereocenters. The molecule has 0 radical (unpaired) electrons. The van der Waals surface area contributed by atoms with Gasteiger partial charge >= 0.3 is 0 Å². The summed E-state index contributed by atoms with van der Waals surface area (Å²) in [5, 5.41) is 22.1. The van der Waals surface area contributed by atoms with Gasteiger partial charge in [-0.3, -0.25) is 4.79 Å². The van der Waals surface area contributed by atoms with Crippen molar-refractivity contribution in [1.29, 1.82) is 0 Å². The van der Waals surface area contributed by atoms with Gasteiger partial charge < -0.3 is 20.3 Å². The van der Waals surface area contributed by atoms with Crippen LogP contribution in [0.2, 0.25) is 0 Å². The van der Waals surface area contributed by atoms with Crippen LogP contribution in [0.3, 0.4) is 0 Å². The molecule has 5 nitrogen and oxygen atoms in total. The number of carbonyl (C=O) groups excluding carboxylic acids is 1. The summed E-state index contributed by atoms with van der Waals surface area (Å²) in [4.78, 5) is 12.9. The van der Waals surface area contributed by atoms with Crippen LogP contribution in [0.15, 0.2) is 66.7 Å². The highest BCUT2D eigenvalue weighted by molar-refractivity contribution is 5.98. The molecule has 0 aliphatic rings. The third-order valence-corrected chi connectivity index (χ3v) is 4.22. The molecule has 29 heavy (non-hydrogen) atoms. The van der Waals surface area contributed by atoms with Crippen molar-refractivity contribution in [1.82, 2.24) is 0 Å². The van der Waals surface area contributed by atoms with Crippen LogP contribution >= 0.6 is 0 Å². The van der Waals surface area contributed by atoms with Crippen molar-refractivity contribution < 1.29 is 24.1 Å². The second-order valence-corrected chi connectivity index (χ2v) is 6.19. The van der Waals surface area contributed by atoms with Crippen molar-refractivity contribution in [2.75, 3.05) is 11.9 Å². The van der Waals surface area contributed by atoms with Crippen LogP contribution in [-0.2, 0) is 9.53 Å². The van der Waals surface area contributed by atoms with E-state index in [1.165, 1.54) is 36.4 Å². The molecule has 3 aromatic carbocycles. The average molecular weight is 391 g/mol. The Labute approximate surface area is 167 Å². The number of carbonyl (C=O) groups is 1. The van der Waals surface area contributed by atoms with Gasteiger partial charge in [-0.2, -0.15) is 0 Å². The van der Waals surface area contributed by atoms with Gasteiger partial charge in [-0.1, -0.05) is 42.3 Å². The first kappa shape index (κ1) is 19.9. The smallest absolute Gasteiger partial charge is 0.258 e. The lowest BCUT2D eigenvalue weighted by Gasteiger charge is -2.18. The monoisotopic (exact) mass is 391 g/mol. The van der Waals surface area contributed by atoms with E-state index in [9.17, 15) is 19.4 Å². The first-order chi connectivity index (χ1) is 14.0. The molecule has 0 aromatic heterocycles. The summed E-state index contributed by atoms with van der Waals surface area (Å²) in [6.07, 6.45) is 4.21. The Morgan fingerprint density at radius 1 is 1.07 bits per heavy atom. The first-order valence-corrected chi connectivity index (χ1v) is 8.72. The van der Waals surface area contributed by atoms with Crippen molar-refractivity contribution in [3.8, 4) is 35.0 Å². The molecule has 0 saturated carbocycles. The summed E-state index contributed by atoms with van der Waals surface area (Å²) in [6, 6.07) is 16.7. The van der Waals surface area contributed by atoms with Crippen LogP contribution in [0.4, 0.5) is 10.1 Å². The SMILES string of the molecule is C#CCOC(C(=O)Nc1ccccc1-c1ccc(O)c(O)c1)c1ccc(F)cc1. The minimum atomic E-state index is -1.03. The number of amides is 1. The molecule has 0 fully saturated rings. The largest absolute Gasteiger partial charge is 0.504 e. The molecule has 146 valence electrons. The van der Waals surface area contributed by atoms with E-state index >= 15 is 0 Å². The number of hydrogen-bond donors (Lipinski definition) is 3. The Morgan fingerprint density at radius 3 is 2.48 bits per heavy atom. The van der Waals surface area contributed by atoms with Crippen molar-refractivity contribution >= 4 is 11.6 Å². The number of phenols is 2. The quantitative estimate of drug-likeness (QED) is 0.434. The van der Waals surface area contributed by atoms with Gasteiger partial charge in [0.25, 0.3) is 5.91 Å². The van der Waals surface area contributed by atoms with E-state index in [0.717, 1.165) is 0 Å². The van der Waals surface area contributed by atoms with E-state index in [1.54, 1.807) is 30.3 Å². The van der Waals surface area contributed by atoms with E-state index in [-0.39, 0.29) is 18.1 Å². The Bertz CT molecular complexity index is 1060. The zero-order chi connectivity index (χ0) is 20.8. The minimum absolute atomic E-state index is 0.0943. The summed E-state index contributed by atoms with van der Waals surface area (Å²) in [6.45, 7) is -0.0943. The molecule has 3 rings (SSSR count). The van der Waals surface area contributed by atoms with Crippen molar-refractivity contribution in [2.45, 2.75) is 6.10 Å². The maximum absolute atomic E-state index is 13.2. The number of para-hydroxylation sites is 1. The number of benzene rings is 3. The van der Waals surface area contributed by atoms with E-state index in [0.29, 0.717) is 22.4 Å². The zero-order valence-corrected chi connectivity index (χ0v) is 15.3. The van der Waals surface area contributed by atoms with E-state index in [4.69, 9.17) is 11.2 Å². The number of anilines is 1. The number of ether oxygens (including phenoxy) is 1. The predicted octanol–water partition coefficient (Wildman–Crippen LogP) is 4.23. The second kappa shape index (κ2) is 8.91. The normalized spacial score (nSPS) is 11.4. The summed E-state index contributed by atoms with van der Waals surface area (Å²) in [5.41, 5.74) is 2.16. The van der Waals surface area contributed by atoms with Gasteiger partial charge in [0.05, 0.1) is 0 Å². The summed E-state index contributed by atoms with van der Waals surface area (Å²) in [5.74, 6) is 0.892. The van der Waals surface area contributed by atoms with Crippen molar-refractivity contribution in [3.63, 3.8) is 0 Å². The van der Waals surface area contributed by atoms with Crippen LogP contribution < -0.4 is 5.32 Å². The number of phenolic OH excluding ortho intramolecular Hbond substituents is 2. The molecular weight excluding hydrogens is 373 g/mol. The minimum Gasteiger partial charge on any atom is -0.504 e. The third kappa shape index (κ3) is 4.72. The third-order valence-electron chi connectivity index (χ3n) is 4.22. The average Bonchev–Trinajstić information content (AvgIpc) is 2.72. The number of rotatable bonds is 6. The number of hydrogen-bond acceptors (Lipinski definition) is 4. The highest BCUT2D eigenvalue weighted by Gasteiger charge is 2.22. The van der Waals surface area contributed by atoms with Crippen LogP contribution in [0.5, 0.6) is 11.5 Å². The maximum Gasteiger partial charge on any atom is 0.258 e. The molecular formula is C23H18FNO4. The van der Waals surface area contributed by atoms with Crippen LogP contribution in [0.25, 0.3) is 11.1 Å². The fraction of sp³-hybridized carbons (Fsp3) is 0.0870. The van der Waals surface area contributed by atoms with Crippen LogP contribution in [0.1, 0.15) is 11.7 Å². The summed E-state index contributed by atoms with van der Waals surface area (Å²) >= 11 is 0. The van der Waals surface area contributed by atoms with Gasteiger partial charge in [-0.05, 0) is 41.5 Å². The van der Waals surface area contributed by atoms with Gasteiger partial charge in [-0.25, -0.2) is 4.39 Å². The molecule has 1 unspecified atom stereocenters. The molecule has 1 amide bonds. The summed E-state index contributed by atoms with van der Waals surface area (Å²) < 4.78 is 18.7. The summed E-state index contributed by atoms with van der Waals surface area (Å²) in [7, 11) is 0. The predicted molar refractivity (Wildman–Crippen MR) is 108 cm³/mol. The van der Waals surface area contributed by atoms with Crippen molar-refractivity contribution in [2.24, 2.45) is 0 Å². The fourth-order valence-corrected chi connectivity index (χ4v) is 2.83. The van der Waals surface area contributed by atoms with Crippen LogP contribution in [0, 0.1) is 18.2 Å². The van der Waals surface area contributed by atoms with Gasteiger partial charge in [0.15, 0.2) is 17.6 Å². The zero-order valence-electron chi connectivity index (χ0n) is 15.3. The molecule has 6 heteroatoms. The highest BCUT2D eigenvalue weighted by atomic mass is 19.1. The Morgan fingerprint density at radius 2 is 1.79 bits per heavy atom. The Kier molecular flexibility index (Phi) is 6.12. The van der Waals surface area contributed by atoms with Crippen LogP contribution in [-0.4, -0.2) is 22.7 Å². The van der Waals surface area contributed by atoms with Gasteiger partial charge in [-0.15, -0.1) is 6.42 Å². The second-order valence-electron chi connectivity index (χ2n) is 6.19. The van der Waals surface area contributed by atoms with Gasteiger partial charge in [0.1, 0.15) is 12.4 Å². The highest BCUT2D eigenvalue weighted by Crippen LogP contribution is 2.34. The van der Waals surface area contributed by atoms with Gasteiger partial charge in [0, 0.05) is 11.3 Å². The lowest BCUT2D eigenvalue weighted by atomic mass is 10.0. The molecule has 0 bridgehead atoms. The topological polar surface area (TPSA) is 78.8 Å². The number of nitrogens with one attached hydrogen (secondary N) is 1. The molecule has 3 aromatic rings. The number of halogens is 1. The molecule has 0 spiro atoms. The maximum atomic E-state index is 13.2. The first-order valence-electron chi connectivity index (χ1n) is 8.72.